The molecule has 0 amide bonds. The summed E-state index contributed by atoms with van der Waals surface area (Å²) < 4.78 is 1.75. The Labute approximate surface area is 94.9 Å². The highest BCUT2D eigenvalue weighted by molar-refractivity contribution is 5.86. The average Bonchev–Trinajstić information content (AvgIpc) is 2.62. The van der Waals surface area contributed by atoms with E-state index in [0.29, 0.717) is 12.0 Å². The maximum absolute atomic E-state index is 4.27. The predicted octanol–water partition coefficient (Wildman–Crippen LogP) is 1.82. The zero-order valence-corrected chi connectivity index (χ0v) is 10.1. The molecular weight excluding hydrogens is 202 g/mol. The Morgan fingerprint density at radius 1 is 1.25 bits per heavy atom. The van der Waals surface area contributed by atoms with Crippen LogP contribution in [0.1, 0.15) is 20.8 Å². The number of aromatic nitrogens is 4. The van der Waals surface area contributed by atoms with Crippen LogP contribution < -0.4 is 5.32 Å². The fraction of sp³-hybridized carbons (Fsp3) is 0.545. The van der Waals surface area contributed by atoms with Crippen molar-refractivity contribution >= 4 is 16.9 Å². The smallest absolute Gasteiger partial charge is 0.163 e. The van der Waals surface area contributed by atoms with Gasteiger partial charge in [0.2, 0.25) is 0 Å². The van der Waals surface area contributed by atoms with E-state index in [9.17, 15) is 0 Å². The number of hydrogen-bond acceptors (Lipinski definition) is 4. The minimum Gasteiger partial charge on any atom is -0.367 e. The number of nitrogens with one attached hydrogen (secondary N) is 1. The largest absolute Gasteiger partial charge is 0.367 e. The van der Waals surface area contributed by atoms with E-state index < -0.39 is 0 Å². The van der Waals surface area contributed by atoms with Crippen molar-refractivity contribution in [2.45, 2.75) is 26.8 Å². The highest BCUT2D eigenvalue weighted by atomic mass is 15.3. The summed E-state index contributed by atoms with van der Waals surface area (Å²) in [5, 5.41) is 8.55. The second kappa shape index (κ2) is 4.08. The monoisotopic (exact) mass is 219 g/mol. The molecule has 2 aromatic rings. The Balaban J connectivity index is 2.37. The van der Waals surface area contributed by atoms with Crippen molar-refractivity contribution < 1.29 is 0 Å². The molecule has 0 aromatic carbocycles. The average molecular weight is 219 g/mol. The molecule has 0 aliphatic carbocycles. The van der Waals surface area contributed by atoms with Crippen molar-refractivity contribution in [3.63, 3.8) is 0 Å². The van der Waals surface area contributed by atoms with Gasteiger partial charge in [0.15, 0.2) is 5.65 Å². The molecule has 0 aliphatic heterocycles. The molecule has 2 rings (SSSR count). The molecule has 16 heavy (non-hydrogen) atoms. The SMILES string of the molecule is CC(C)C(C)Nc1ncnc2c1cnn2C. The van der Waals surface area contributed by atoms with Gasteiger partial charge in [-0.05, 0) is 12.8 Å². The van der Waals surface area contributed by atoms with Gasteiger partial charge in [0.05, 0.1) is 11.6 Å². The first-order chi connectivity index (χ1) is 7.59. The Hall–Kier alpha value is -1.65. The first kappa shape index (κ1) is 10.9. The standard InChI is InChI=1S/C11H17N5/c1-7(2)8(3)15-10-9-5-14-16(4)11(9)13-6-12-10/h5-8H,1-4H3,(H,12,13,15). The van der Waals surface area contributed by atoms with E-state index in [2.05, 4.69) is 41.2 Å². The third-order valence-electron chi connectivity index (χ3n) is 2.89. The Morgan fingerprint density at radius 2 is 2.00 bits per heavy atom. The minimum absolute atomic E-state index is 0.373. The van der Waals surface area contributed by atoms with Crippen LogP contribution in [0.25, 0.3) is 11.0 Å². The number of aryl methyl sites for hydroxylation is 1. The number of nitrogens with zero attached hydrogens (tertiary/aromatic N) is 4. The van der Waals surface area contributed by atoms with Crippen LogP contribution in [0.4, 0.5) is 5.82 Å². The van der Waals surface area contributed by atoms with Gasteiger partial charge in [0.1, 0.15) is 12.1 Å². The van der Waals surface area contributed by atoms with Gasteiger partial charge in [-0.1, -0.05) is 13.8 Å². The lowest BCUT2D eigenvalue weighted by atomic mass is 10.1. The zero-order valence-electron chi connectivity index (χ0n) is 10.1. The summed E-state index contributed by atoms with van der Waals surface area (Å²) in [5.41, 5.74) is 0.855. The van der Waals surface area contributed by atoms with Gasteiger partial charge in [-0.15, -0.1) is 0 Å². The summed E-state index contributed by atoms with van der Waals surface area (Å²) in [5.74, 6) is 1.42. The lowest BCUT2D eigenvalue weighted by molar-refractivity contribution is 0.559. The van der Waals surface area contributed by atoms with E-state index >= 15 is 0 Å². The molecule has 0 fully saturated rings. The molecule has 2 heterocycles. The van der Waals surface area contributed by atoms with Crippen molar-refractivity contribution in [3.8, 4) is 0 Å². The molecule has 86 valence electrons. The van der Waals surface area contributed by atoms with Crippen LogP contribution in [0, 0.1) is 5.92 Å². The van der Waals surface area contributed by atoms with Gasteiger partial charge >= 0.3 is 0 Å². The fourth-order valence-electron chi connectivity index (χ4n) is 1.46. The summed E-state index contributed by atoms with van der Waals surface area (Å²) in [6.07, 6.45) is 3.37. The molecule has 0 saturated carbocycles. The van der Waals surface area contributed by atoms with Gasteiger partial charge in [0, 0.05) is 13.1 Å². The third kappa shape index (κ3) is 1.85. The number of hydrogen-bond donors (Lipinski definition) is 1. The Morgan fingerprint density at radius 3 is 2.69 bits per heavy atom. The quantitative estimate of drug-likeness (QED) is 0.855. The summed E-state index contributed by atoms with van der Waals surface area (Å²) in [7, 11) is 1.88. The van der Waals surface area contributed by atoms with E-state index in [1.165, 1.54) is 0 Å². The fourth-order valence-corrected chi connectivity index (χ4v) is 1.46. The van der Waals surface area contributed by atoms with E-state index in [1.807, 2.05) is 7.05 Å². The van der Waals surface area contributed by atoms with Gasteiger partial charge < -0.3 is 5.32 Å². The molecule has 5 nitrogen and oxygen atoms in total. The molecule has 0 spiro atoms. The maximum Gasteiger partial charge on any atom is 0.163 e. The van der Waals surface area contributed by atoms with Crippen LogP contribution in [0.15, 0.2) is 12.5 Å². The molecule has 0 aliphatic rings. The molecule has 1 N–H and O–H groups in total. The van der Waals surface area contributed by atoms with Crippen LogP contribution in [-0.4, -0.2) is 25.8 Å². The second-order valence-corrected chi connectivity index (χ2v) is 4.40. The van der Waals surface area contributed by atoms with Crippen molar-refractivity contribution in [3.05, 3.63) is 12.5 Å². The molecule has 1 unspecified atom stereocenters. The van der Waals surface area contributed by atoms with Crippen LogP contribution in [0.5, 0.6) is 0 Å². The molecule has 1 atom stereocenters. The van der Waals surface area contributed by atoms with Crippen LogP contribution in [-0.2, 0) is 7.05 Å². The van der Waals surface area contributed by atoms with E-state index in [-0.39, 0.29) is 0 Å². The number of anilines is 1. The van der Waals surface area contributed by atoms with Crippen molar-refractivity contribution in [1.29, 1.82) is 0 Å². The first-order valence-corrected chi connectivity index (χ1v) is 5.49. The first-order valence-electron chi connectivity index (χ1n) is 5.49. The van der Waals surface area contributed by atoms with Gasteiger partial charge in [-0.25, -0.2) is 9.97 Å². The number of rotatable bonds is 3. The Bertz CT molecular complexity index is 488. The van der Waals surface area contributed by atoms with Gasteiger partial charge in [-0.3, -0.25) is 4.68 Å². The Kier molecular flexibility index (Phi) is 2.77. The normalized spacial score (nSPS) is 13.3. The molecule has 0 bridgehead atoms. The minimum atomic E-state index is 0.373. The summed E-state index contributed by atoms with van der Waals surface area (Å²) >= 11 is 0. The molecule has 2 aromatic heterocycles. The van der Waals surface area contributed by atoms with E-state index in [1.54, 1.807) is 17.2 Å². The van der Waals surface area contributed by atoms with Crippen LogP contribution in [0.2, 0.25) is 0 Å². The third-order valence-corrected chi connectivity index (χ3v) is 2.89. The van der Waals surface area contributed by atoms with Crippen LogP contribution >= 0.6 is 0 Å². The lowest BCUT2D eigenvalue weighted by Gasteiger charge is -2.18. The maximum atomic E-state index is 4.27. The second-order valence-electron chi connectivity index (χ2n) is 4.40. The van der Waals surface area contributed by atoms with Crippen molar-refractivity contribution in [2.75, 3.05) is 5.32 Å². The molecular formula is C11H17N5. The van der Waals surface area contributed by atoms with Crippen LogP contribution in [0.3, 0.4) is 0 Å². The zero-order chi connectivity index (χ0) is 11.7. The highest BCUT2D eigenvalue weighted by Gasteiger charge is 2.11. The van der Waals surface area contributed by atoms with Gasteiger partial charge in [-0.2, -0.15) is 5.10 Å². The van der Waals surface area contributed by atoms with Crippen molar-refractivity contribution in [2.24, 2.45) is 13.0 Å². The molecule has 0 saturated heterocycles. The highest BCUT2D eigenvalue weighted by Crippen LogP contribution is 2.19. The topological polar surface area (TPSA) is 55.6 Å². The summed E-state index contributed by atoms with van der Waals surface area (Å²) in [6.45, 7) is 6.51. The predicted molar refractivity (Wildman–Crippen MR) is 64.2 cm³/mol. The molecule has 0 radical (unpaired) electrons. The number of fused-ring (bicyclic) bond motifs is 1. The van der Waals surface area contributed by atoms with E-state index in [4.69, 9.17) is 0 Å². The summed E-state index contributed by atoms with van der Waals surface area (Å²) in [6, 6.07) is 0.373. The van der Waals surface area contributed by atoms with E-state index in [0.717, 1.165) is 16.9 Å². The van der Waals surface area contributed by atoms with Gasteiger partial charge in [0.25, 0.3) is 0 Å². The molecule has 5 heteroatoms. The summed E-state index contributed by atoms with van der Waals surface area (Å²) in [4.78, 5) is 8.47. The van der Waals surface area contributed by atoms with Crippen molar-refractivity contribution in [1.82, 2.24) is 19.7 Å². The lowest BCUT2D eigenvalue weighted by Crippen LogP contribution is -2.22.